The number of halogens is 1. The number of carbonyl (C=O) groups is 1. The van der Waals surface area contributed by atoms with E-state index in [-0.39, 0.29) is 12.4 Å². The summed E-state index contributed by atoms with van der Waals surface area (Å²) < 4.78 is 15.7. The van der Waals surface area contributed by atoms with Gasteiger partial charge in [-0.1, -0.05) is 18.2 Å². The summed E-state index contributed by atoms with van der Waals surface area (Å²) in [4.78, 5) is 11.4. The zero-order valence-electron chi connectivity index (χ0n) is 10.8. The van der Waals surface area contributed by atoms with E-state index in [0.717, 1.165) is 0 Å². The number of hydrogen-bond acceptors (Lipinski definition) is 4. The first-order valence-electron chi connectivity index (χ1n) is 5.89. The molecule has 0 fully saturated rings. The third-order valence-electron chi connectivity index (χ3n) is 2.47. The fourth-order valence-corrected chi connectivity index (χ4v) is 1.75. The van der Waals surface area contributed by atoms with Gasteiger partial charge in [-0.15, -0.1) is 0 Å². The van der Waals surface area contributed by atoms with Crippen molar-refractivity contribution in [3.8, 4) is 17.2 Å². The Morgan fingerprint density at radius 3 is 2.50 bits per heavy atom. The molecule has 0 radical (unpaired) electrons. The molecule has 0 unspecified atom stereocenters. The van der Waals surface area contributed by atoms with Crippen molar-refractivity contribution in [1.29, 1.82) is 0 Å². The number of benzene rings is 2. The molecule has 104 valence electrons. The highest BCUT2D eigenvalue weighted by atomic mass is 35.5. The summed E-state index contributed by atoms with van der Waals surface area (Å²) in [6, 6.07) is 14.1. The summed E-state index contributed by atoms with van der Waals surface area (Å²) in [7, 11) is 1.50. The van der Waals surface area contributed by atoms with Gasteiger partial charge >= 0.3 is 0 Å². The summed E-state index contributed by atoms with van der Waals surface area (Å²) in [6.07, 6.45) is 0. The molecular weight excluding hydrogens is 280 g/mol. The minimum Gasteiger partial charge on any atom is -0.467 e. The van der Waals surface area contributed by atoms with E-state index in [1.165, 1.54) is 13.2 Å². The lowest BCUT2D eigenvalue weighted by Gasteiger charge is -2.11. The van der Waals surface area contributed by atoms with E-state index in [1.807, 2.05) is 30.3 Å². The predicted molar refractivity (Wildman–Crippen MR) is 75.6 cm³/mol. The molecule has 0 aromatic heterocycles. The van der Waals surface area contributed by atoms with Crippen LogP contribution in [0.5, 0.6) is 17.2 Å². The van der Waals surface area contributed by atoms with E-state index in [2.05, 4.69) is 0 Å². The Labute approximate surface area is 121 Å². The maximum Gasteiger partial charge on any atom is 0.256 e. The Balaban J connectivity index is 2.23. The standard InChI is InChI=1S/C15H13ClO4/c1-18-10-19-14-8-7-12(9-13(14)15(16)17)20-11-5-3-2-4-6-11/h2-9H,10H2,1H3. The number of carbonyl (C=O) groups excluding carboxylic acids is 1. The molecule has 2 rings (SSSR count). The summed E-state index contributed by atoms with van der Waals surface area (Å²) in [6.45, 7) is 0.0378. The lowest BCUT2D eigenvalue weighted by atomic mass is 10.2. The molecule has 0 saturated carbocycles. The van der Waals surface area contributed by atoms with Crippen LogP contribution < -0.4 is 9.47 Å². The van der Waals surface area contributed by atoms with Crippen molar-refractivity contribution in [1.82, 2.24) is 0 Å². The van der Waals surface area contributed by atoms with Gasteiger partial charge in [-0.05, 0) is 41.9 Å². The van der Waals surface area contributed by atoms with E-state index < -0.39 is 5.24 Å². The van der Waals surface area contributed by atoms with Crippen LogP contribution in [0, 0.1) is 0 Å². The molecule has 0 saturated heterocycles. The molecule has 2 aromatic rings. The Bertz CT molecular complexity index is 584. The smallest absolute Gasteiger partial charge is 0.256 e. The average molecular weight is 293 g/mol. The van der Waals surface area contributed by atoms with Gasteiger partial charge in [-0.2, -0.15) is 0 Å². The van der Waals surface area contributed by atoms with E-state index in [0.29, 0.717) is 17.2 Å². The van der Waals surface area contributed by atoms with Crippen LogP contribution in [0.15, 0.2) is 48.5 Å². The van der Waals surface area contributed by atoms with Crippen molar-refractivity contribution < 1.29 is 19.0 Å². The first-order valence-corrected chi connectivity index (χ1v) is 6.27. The van der Waals surface area contributed by atoms with Gasteiger partial charge in [0.2, 0.25) is 0 Å². The van der Waals surface area contributed by atoms with E-state index in [4.69, 9.17) is 25.8 Å². The molecule has 0 N–H and O–H groups in total. The van der Waals surface area contributed by atoms with Crippen LogP contribution in [0.1, 0.15) is 10.4 Å². The van der Waals surface area contributed by atoms with Gasteiger partial charge in [0, 0.05) is 7.11 Å². The maximum atomic E-state index is 11.4. The molecule has 0 bridgehead atoms. The van der Waals surface area contributed by atoms with E-state index in [1.54, 1.807) is 12.1 Å². The summed E-state index contributed by atoms with van der Waals surface area (Å²) in [5.41, 5.74) is 0.233. The fraction of sp³-hybridized carbons (Fsp3) is 0.133. The van der Waals surface area contributed by atoms with Gasteiger partial charge in [-0.3, -0.25) is 4.79 Å². The van der Waals surface area contributed by atoms with Crippen LogP contribution in [-0.2, 0) is 4.74 Å². The van der Waals surface area contributed by atoms with E-state index >= 15 is 0 Å². The monoisotopic (exact) mass is 292 g/mol. The van der Waals surface area contributed by atoms with Crippen molar-refractivity contribution >= 4 is 16.8 Å². The quantitative estimate of drug-likeness (QED) is 0.599. The number of ether oxygens (including phenoxy) is 3. The van der Waals surface area contributed by atoms with Crippen LogP contribution >= 0.6 is 11.6 Å². The SMILES string of the molecule is COCOc1ccc(Oc2ccccc2)cc1C(=O)Cl. The van der Waals surface area contributed by atoms with Gasteiger partial charge in [0.25, 0.3) is 5.24 Å². The topological polar surface area (TPSA) is 44.8 Å². The summed E-state index contributed by atoms with van der Waals surface area (Å²) >= 11 is 5.55. The molecule has 2 aromatic carbocycles. The van der Waals surface area contributed by atoms with Gasteiger partial charge in [0.05, 0.1) is 5.56 Å². The minimum atomic E-state index is -0.616. The van der Waals surface area contributed by atoms with Gasteiger partial charge in [0.1, 0.15) is 17.2 Å². The lowest BCUT2D eigenvalue weighted by Crippen LogP contribution is -2.03. The summed E-state index contributed by atoms with van der Waals surface area (Å²) in [5, 5.41) is -0.616. The second-order valence-electron chi connectivity index (χ2n) is 3.90. The molecular formula is C15H13ClO4. The third-order valence-corrected chi connectivity index (χ3v) is 2.68. The van der Waals surface area contributed by atoms with Gasteiger partial charge in [-0.25, -0.2) is 0 Å². The Morgan fingerprint density at radius 2 is 1.85 bits per heavy atom. The zero-order chi connectivity index (χ0) is 14.4. The normalized spacial score (nSPS) is 10.1. The second-order valence-corrected chi connectivity index (χ2v) is 4.24. The molecule has 0 amide bonds. The molecule has 5 heteroatoms. The first kappa shape index (κ1) is 14.4. The largest absolute Gasteiger partial charge is 0.467 e. The third kappa shape index (κ3) is 3.73. The second kappa shape index (κ2) is 6.93. The molecule has 20 heavy (non-hydrogen) atoms. The molecule has 0 spiro atoms. The van der Waals surface area contributed by atoms with Crippen LogP contribution in [0.25, 0.3) is 0 Å². The first-order chi connectivity index (χ1) is 9.70. The zero-order valence-corrected chi connectivity index (χ0v) is 11.6. The lowest BCUT2D eigenvalue weighted by molar-refractivity contribution is 0.0504. The average Bonchev–Trinajstić information content (AvgIpc) is 2.47. The van der Waals surface area contributed by atoms with Gasteiger partial charge in [0.15, 0.2) is 6.79 Å². The number of rotatable bonds is 6. The van der Waals surface area contributed by atoms with Crippen LogP contribution in [-0.4, -0.2) is 19.1 Å². The van der Waals surface area contributed by atoms with Crippen LogP contribution in [0.2, 0.25) is 0 Å². The molecule has 0 aliphatic heterocycles. The Kier molecular flexibility index (Phi) is 4.98. The Morgan fingerprint density at radius 1 is 1.10 bits per heavy atom. The van der Waals surface area contributed by atoms with Gasteiger partial charge < -0.3 is 14.2 Å². The van der Waals surface area contributed by atoms with Crippen molar-refractivity contribution in [2.75, 3.05) is 13.9 Å². The minimum absolute atomic E-state index is 0.0378. The fourth-order valence-electron chi connectivity index (χ4n) is 1.60. The van der Waals surface area contributed by atoms with Crippen LogP contribution in [0.4, 0.5) is 0 Å². The van der Waals surface area contributed by atoms with Crippen LogP contribution in [0.3, 0.4) is 0 Å². The van der Waals surface area contributed by atoms with Crippen molar-refractivity contribution in [3.05, 3.63) is 54.1 Å². The molecule has 0 aliphatic rings. The number of methoxy groups -OCH3 is 1. The predicted octanol–water partition coefficient (Wildman–Crippen LogP) is 3.84. The highest BCUT2D eigenvalue weighted by molar-refractivity contribution is 6.68. The van der Waals surface area contributed by atoms with E-state index in [9.17, 15) is 4.79 Å². The molecule has 4 nitrogen and oxygen atoms in total. The van der Waals surface area contributed by atoms with Crippen molar-refractivity contribution in [2.24, 2.45) is 0 Å². The van der Waals surface area contributed by atoms with Crippen molar-refractivity contribution in [2.45, 2.75) is 0 Å². The number of para-hydroxylation sites is 1. The molecule has 0 heterocycles. The Hall–Kier alpha value is -2.04. The molecule has 0 atom stereocenters. The maximum absolute atomic E-state index is 11.4. The number of hydrogen-bond donors (Lipinski definition) is 0. The summed E-state index contributed by atoms with van der Waals surface area (Å²) in [5.74, 6) is 1.53. The molecule has 0 aliphatic carbocycles. The highest BCUT2D eigenvalue weighted by Crippen LogP contribution is 2.28. The van der Waals surface area contributed by atoms with Crippen molar-refractivity contribution in [3.63, 3.8) is 0 Å². The highest BCUT2D eigenvalue weighted by Gasteiger charge is 2.12.